The van der Waals surface area contributed by atoms with E-state index in [1.165, 1.54) is 18.9 Å². The quantitative estimate of drug-likeness (QED) is 0.276. The highest BCUT2D eigenvalue weighted by Crippen LogP contribution is 2.34. The molecule has 0 aromatic rings. The molecule has 0 amide bonds. The van der Waals surface area contributed by atoms with Crippen LogP contribution < -0.4 is 0 Å². The molecule has 0 unspecified atom stereocenters. The number of rotatable bonds is 13. The zero-order valence-electron chi connectivity index (χ0n) is 16.4. The molecule has 1 saturated carbocycles. The number of carbonyl (C=O) groups excluding carboxylic acids is 1. The summed E-state index contributed by atoms with van der Waals surface area (Å²) in [4.78, 5) is 22.6. The first-order valence-electron chi connectivity index (χ1n) is 10.2. The van der Waals surface area contributed by atoms with Crippen molar-refractivity contribution in [2.24, 2.45) is 17.8 Å². The van der Waals surface area contributed by atoms with Gasteiger partial charge in [-0.15, -0.1) is 0 Å². The summed E-state index contributed by atoms with van der Waals surface area (Å²) in [6.07, 6.45) is 15.7. The summed E-state index contributed by atoms with van der Waals surface area (Å²) in [5.41, 5.74) is 0. The Morgan fingerprint density at radius 2 is 2.08 bits per heavy atom. The van der Waals surface area contributed by atoms with Crippen LogP contribution in [0.4, 0.5) is 0 Å². The SMILES string of the molecule is CCCC[C@H](C)C[C@H](O)/C=C/[C@@H]1CCC(=O)[C@@H]1CCCC/C=C/C(=O)O. The van der Waals surface area contributed by atoms with Crippen molar-refractivity contribution in [2.45, 2.75) is 84.2 Å². The summed E-state index contributed by atoms with van der Waals surface area (Å²) in [6.45, 7) is 4.37. The van der Waals surface area contributed by atoms with Gasteiger partial charge in [0.15, 0.2) is 0 Å². The summed E-state index contributed by atoms with van der Waals surface area (Å²) in [6, 6.07) is 0. The van der Waals surface area contributed by atoms with Crippen LogP contribution in [0, 0.1) is 17.8 Å². The van der Waals surface area contributed by atoms with Gasteiger partial charge in [0.1, 0.15) is 5.78 Å². The van der Waals surface area contributed by atoms with Crippen molar-refractivity contribution in [3.63, 3.8) is 0 Å². The Hall–Kier alpha value is -1.42. The van der Waals surface area contributed by atoms with Crippen molar-refractivity contribution in [3.05, 3.63) is 24.3 Å². The van der Waals surface area contributed by atoms with Gasteiger partial charge in [-0.05, 0) is 43.9 Å². The summed E-state index contributed by atoms with van der Waals surface area (Å²) in [5.74, 6) is 0.266. The first-order chi connectivity index (χ1) is 12.4. The monoisotopic (exact) mass is 364 g/mol. The second-order valence-corrected chi connectivity index (χ2v) is 7.74. The van der Waals surface area contributed by atoms with E-state index >= 15 is 0 Å². The molecular weight excluding hydrogens is 328 g/mol. The number of carboxylic acids is 1. The lowest BCUT2D eigenvalue weighted by atomic mass is 9.89. The van der Waals surface area contributed by atoms with Crippen LogP contribution in [-0.2, 0) is 9.59 Å². The Bertz CT molecular complexity index is 481. The van der Waals surface area contributed by atoms with Crippen molar-refractivity contribution >= 4 is 11.8 Å². The summed E-state index contributed by atoms with van der Waals surface area (Å²) >= 11 is 0. The van der Waals surface area contributed by atoms with Gasteiger partial charge in [0.05, 0.1) is 6.10 Å². The molecule has 1 aliphatic rings. The number of allylic oxidation sites excluding steroid dienone is 2. The number of aliphatic carboxylic acids is 1. The van der Waals surface area contributed by atoms with Crippen LogP contribution >= 0.6 is 0 Å². The average molecular weight is 365 g/mol. The molecule has 0 aromatic heterocycles. The molecule has 4 atom stereocenters. The molecule has 26 heavy (non-hydrogen) atoms. The van der Waals surface area contributed by atoms with Gasteiger partial charge in [-0.1, -0.05) is 57.8 Å². The minimum atomic E-state index is -0.913. The van der Waals surface area contributed by atoms with Crippen molar-refractivity contribution in [1.82, 2.24) is 0 Å². The smallest absolute Gasteiger partial charge is 0.327 e. The Labute approximate surface area is 158 Å². The number of Topliss-reactive ketones (excluding diaryl/α,β-unsaturated/α-hetero) is 1. The molecule has 2 N–H and O–H groups in total. The minimum absolute atomic E-state index is 0.0689. The molecule has 0 aromatic carbocycles. The van der Waals surface area contributed by atoms with E-state index in [0.717, 1.165) is 44.9 Å². The topological polar surface area (TPSA) is 74.6 Å². The fraction of sp³-hybridized carbons (Fsp3) is 0.727. The number of hydrogen-bond acceptors (Lipinski definition) is 3. The fourth-order valence-corrected chi connectivity index (χ4v) is 3.78. The van der Waals surface area contributed by atoms with E-state index in [1.54, 1.807) is 6.08 Å². The van der Waals surface area contributed by atoms with E-state index in [4.69, 9.17) is 5.11 Å². The highest BCUT2D eigenvalue weighted by Gasteiger charge is 2.32. The van der Waals surface area contributed by atoms with Crippen molar-refractivity contribution in [2.75, 3.05) is 0 Å². The maximum Gasteiger partial charge on any atom is 0.327 e. The number of ketones is 1. The second kappa shape index (κ2) is 12.9. The third kappa shape index (κ3) is 9.33. The Kier molecular flexibility index (Phi) is 11.2. The van der Waals surface area contributed by atoms with Crippen LogP contribution in [0.5, 0.6) is 0 Å². The van der Waals surface area contributed by atoms with Crippen molar-refractivity contribution < 1.29 is 19.8 Å². The van der Waals surface area contributed by atoms with Gasteiger partial charge in [-0.2, -0.15) is 0 Å². The van der Waals surface area contributed by atoms with Gasteiger partial charge in [0.25, 0.3) is 0 Å². The molecular formula is C22H36O4. The van der Waals surface area contributed by atoms with Gasteiger partial charge in [0, 0.05) is 18.4 Å². The fourth-order valence-electron chi connectivity index (χ4n) is 3.78. The van der Waals surface area contributed by atoms with Crippen LogP contribution in [-0.4, -0.2) is 28.1 Å². The number of carboxylic acid groups (broad SMARTS) is 1. The third-order valence-electron chi connectivity index (χ3n) is 5.33. The lowest BCUT2D eigenvalue weighted by Crippen LogP contribution is -2.14. The van der Waals surface area contributed by atoms with Crippen LogP contribution in [0.3, 0.4) is 0 Å². The highest BCUT2D eigenvalue weighted by atomic mass is 16.4. The molecule has 0 aliphatic heterocycles. The Balaban J connectivity index is 2.37. The number of carbonyl (C=O) groups is 2. The van der Waals surface area contributed by atoms with E-state index in [0.29, 0.717) is 18.1 Å². The molecule has 0 radical (unpaired) electrons. The van der Waals surface area contributed by atoms with Crippen LogP contribution in [0.25, 0.3) is 0 Å². The Morgan fingerprint density at radius 1 is 1.31 bits per heavy atom. The zero-order valence-corrected chi connectivity index (χ0v) is 16.4. The molecule has 0 saturated heterocycles. The number of aliphatic hydroxyl groups is 1. The first-order valence-corrected chi connectivity index (χ1v) is 10.2. The molecule has 1 rings (SSSR count). The molecule has 0 spiro atoms. The van der Waals surface area contributed by atoms with E-state index < -0.39 is 12.1 Å². The van der Waals surface area contributed by atoms with Gasteiger partial charge in [0.2, 0.25) is 0 Å². The number of unbranched alkanes of at least 4 members (excludes halogenated alkanes) is 3. The zero-order chi connectivity index (χ0) is 19.4. The molecule has 1 fully saturated rings. The highest BCUT2D eigenvalue weighted by molar-refractivity contribution is 5.83. The maximum atomic E-state index is 12.1. The molecule has 4 nitrogen and oxygen atoms in total. The van der Waals surface area contributed by atoms with E-state index in [2.05, 4.69) is 19.9 Å². The number of hydrogen-bond donors (Lipinski definition) is 2. The van der Waals surface area contributed by atoms with Gasteiger partial charge in [-0.3, -0.25) is 4.79 Å². The first kappa shape index (κ1) is 22.6. The second-order valence-electron chi connectivity index (χ2n) is 7.74. The average Bonchev–Trinajstić information content (AvgIpc) is 2.94. The molecule has 148 valence electrons. The summed E-state index contributed by atoms with van der Waals surface area (Å²) in [7, 11) is 0. The maximum absolute atomic E-state index is 12.1. The molecule has 1 aliphatic carbocycles. The standard InChI is InChI=1S/C22H36O4/c1-3-4-9-17(2)16-19(23)14-12-18-13-15-21(24)20(18)10-7-5-6-8-11-22(25)26/h8,11-12,14,17-20,23H,3-7,9-10,13,15-16H2,1-2H3,(H,25,26)/b11-8+,14-12+/t17-,18+,19+,20+/m0/s1. The van der Waals surface area contributed by atoms with Crippen molar-refractivity contribution in [1.29, 1.82) is 0 Å². The van der Waals surface area contributed by atoms with E-state index in [1.807, 2.05) is 6.08 Å². The predicted octanol–water partition coefficient (Wildman–Crippen LogP) is 4.92. The lowest BCUT2D eigenvalue weighted by molar-refractivity contribution is -0.131. The third-order valence-corrected chi connectivity index (χ3v) is 5.33. The van der Waals surface area contributed by atoms with Crippen molar-refractivity contribution in [3.8, 4) is 0 Å². The van der Waals surface area contributed by atoms with Crippen LogP contribution in [0.1, 0.15) is 78.1 Å². The summed E-state index contributed by atoms with van der Waals surface area (Å²) < 4.78 is 0. The molecule has 0 bridgehead atoms. The number of aliphatic hydroxyl groups excluding tert-OH is 1. The lowest BCUT2D eigenvalue weighted by Gasteiger charge is -2.17. The van der Waals surface area contributed by atoms with Gasteiger partial charge in [-0.25, -0.2) is 4.79 Å². The summed E-state index contributed by atoms with van der Waals surface area (Å²) in [5, 5.41) is 18.8. The van der Waals surface area contributed by atoms with Gasteiger partial charge < -0.3 is 10.2 Å². The predicted molar refractivity (Wildman–Crippen MR) is 105 cm³/mol. The van der Waals surface area contributed by atoms with Crippen LogP contribution in [0.2, 0.25) is 0 Å². The van der Waals surface area contributed by atoms with E-state index in [9.17, 15) is 14.7 Å². The largest absolute Gasteiger partial charge is 0.478 e. The normalized spacial score (nSPS) is 23.1. The Morgan fingerprint density at radius 3 is 2.77 bits per heavy atom. The van der Waals surface area contributed by atoms with E-state index in [-0.39, 0.29) is 11.8 Å². The molecule has 0 heterocycles. The van der Waals surface area contributed by atoms with Crippen LogP contribution in [0.15, 0.2) is 24.3 Å². The minimum Gasteiger partial charge on any atom is -0.478 e. The van der Waals surface area contributed by atoms with Gasteiger partial charge >= 0.3 is 5.97 Å². The molecule has 4 heteroatoms.